The Morgan fingerprint density at radius 3 is 2.78 bits per heavy atom. The number of amides is 1. The minimum absolute atomic E-state index is 0.0284. The number of aryl methyl sites for hydroxylation is 1. The van der Waals surface area contributed by atoms with E-state index in [0.717, 1.165) is 65.7 Å². The fourth-order valence-corrected chi connectivity index (χ4v) is 6.15. The number of halogens is 1. The molecular formula is C28H32ClN5O2. The van der Waals surface area contributed by atoms with E-state index in [1.54, 1.807) is 6.33 Å². The maximum Gasteiger partial charge on any atom is 0.258 e. The maximum absolute atomic E-state index is 13.6. The monoisotopic (exact) mass is 505 g/mol. The number of hydrogen-bond donors (Lipinski definition) is 0. The molecule has 0 bridgehead atoms. The Bertz CT molecular complexity index is 1300. The zero-order valence-corrected chi connectivity index (χ0v) is 21.7. The molecule has 188 valence electrons. The fourth-order valence-electron chi connectivity index (χ4n) is 5.90. The first-order valence-electron chi connectivity index (χ1n) is 12.8. The topological polar surface area (TPSA) is 63.5 Å². The summed E-state index contributed by atoms with van der Waals surface area (Å²) in [6.07, 6.45) is 4.98. The number of ether oxygens (including phenoxy) is 1. The third-order valence-electron chi connectivity index (χ3n) is 7.99. The third-order valence-corrected chi connectivity index (χ3v) is 8.20. The molecule has 36 heavy (non-hydrogen) atoms. The number of fused-ring (bicyclic) bond motifs is 1. The van der Waals surface area contributed by atoms with Gasteiger partial charge in [-0.05, 0) is 66.3 Å². The summed E-state index contributed by atoms with van der Waals surface area (Å²) in [6.45, 7) is 7.19. The van der Waals surface area contributed by atoms with Crippen LogP contribution in [0.2, 0.25) is 5.02 Å². The maximum atomic E-state index is 13.6. The van der Waals surface area contributed by atoms with Crippen LogP contribution in [0.25, 0.3) is 0 Å². The number of anilines is 1. The molecule has 0 unspecified atom stereocenters. The lowest BCUT2D eigenvalue weighted by Crippen LogP contribution is -2.49. The van der Waals surface area contributed by atoms with Crippen molar-refractivity contribution in [1.82, 2.24) is 19.7 Å². The van der Waals surface area contributed by atoms with Crippen LogP contribution in [0, 0.1) is 5.92 Å². The Balaban J connectivity index is 1.24. The average Bonchev–Trinajstić information content (AvgIpc) is 3.38. The molecule has 3 aliphatic heterocycles. The van der Waals surface area contributed by atoms with Crippen molar-refractivity contribution in [1.29, 1.82) is 0 Å². The number of nitrogens with zero attached hydrogens (tertiary/aromatic N) is 5. The average molecular weight is 506 g/mol. The number of aromatic nitrogens is 3. The highest BCUT2D eigenvalue weighted by atomic mass is 35.5. The number of carbonyl (C=O) groups excluding carboxylic acids is 1. The number of rotatable bonds is 6. The van der Waals surface area contributed by atoms with E-state index in [0.29, 0.717) is 24.8 Å². The van der Waals surface area contributed by atoms with E-state index in [1.807, 2.05) is 28.6 Å². The number of carbonyl (C=O) groups is 1. The van der Waals surface area contributed by atoms with Gasteiger partial charge in [-0.1, -0.05) is 30.7 Å². The summed E-state index contributed by atoms with van der Waals surface area (Å²) in [4.78, 5) is 18.0. The van der Waals surface area contributed by atoms with E-state index in [2.05, 4.69) is 46.3 Å². The molecule has 1 atom stereocenters. The van der Waals surface area contributed by atoms with E-state index in [4.69, 9.17) is 16.3 Å². The lowest BCUT2D eigenvalue weighted by Gasteiger charge is -2.41. The molecule has 0 N–H and O–H groups in total. The first-order chi connectivity index (χ1) is 17.4. The molecule has 4 heterocycles. The SMILES string of the molecule is C[C@H]1CCCN(Cc2cc(Cl)cc(N3Cc4ccc(C5(Cc6nncn6C)COC5)cc4C3=O)c2)C1. The third kappa shape index (κ3) is 4.33. The van der Waals surface area contributed by atoms with Gasteiger partial charge in [-0.2, -0.15) is 0 Å². The van der Waals surface area contributed by atoms with Crippen LogP contribution in [0.5, 0.6) is 0 Å². The van der Waals surface area contributed by atoms with Crippen molar-refractivity contribution in [3.05, 3.63) is 75.8 Å². The summed E-state index contributed by atoms with van der Waals surface area (Å²) in [6, 6.07) is 12.4. The van der Waals surface area contributed by atoms with Crippen LogP contribution in [0.15, 0.2) is 42.7 Å². The standard InChI is InChI=1S/C28H32ClN5O2/c1-19-4-3-7-33(13-19)14-20-8-23(29)11-24(9-20)34-15-21-5-6-22(10-25(21)27(34)35)28(16-36-17-28)12-26-31-30-18-32(26)2/h5-6,8-11,18-19H,3-4,7,12-17H2,1-2H3/t19-/m0/s1. The normalized spacial score (nSPS) is 21.5. The molecule has 3 aromatic rings. The van der Waals surface area contributed by atoms with Crippen LogP contribution in [-0.4, -0.2) is 51.9 Å². The quantitative estimate of drug-likeness (QED) is 0.497. The molecule has 3 aliphatic rings. The molecule has 0 radical (unpaired) electrons. The van der Waals surface area contributed by atoms with E-state index < -0.39 is 0 Å². The van der Waals surface area contributed by atoms with Crippen molar-refractivity contribution in [2.75, 3.05) is 31.2 Å². The van der Waals surface area contributed by atoms with Crippen molar-refractivity contribution in [2.45, 2.75) is 44.7 Å². The Morgan fingerprint density at radius 2 is 2.06 bits per heavy atom. The summed E-state index contributed by atoms with van der Waals surface area (Å²) in [5.74, 6) is 1.67. The highest BCUT2D eigenvalue weighted by Gasteiger charge is 2.43. The number of likely N-dealkylation sites (tertiary alicyclic amines) is 1. The molecule has 6 rings (SSSR count). The molecule has 0 spiro atoms. The van der Waals surface area contributed by atoms with Crippen LogP contribution < -0.4 is 4.90 Å². The zero-order valence-electron chi connectivity index (χ0n) is 20.9. The predicted molar refractivity (Wildman–Crippen MR) is 139 cm³/mol. The van der Waals surface area contributed by atoms with Gasteiger partial charge in [0, 0.05) is 48.2 Å². The van der Waals surface area contributed by atoms with Crippen molar-refractivity contribution < 1.29 is 9.53 Å². The van der Waals surface area contributed by atoms with Gasteiger partial charge in [-0.25, -0.2) is 0 Å². The fraction of sp³-hybridized carbons (Fsp3) is 0.464. The second kappa shape index (κ2) is 9.29. The number of hydrogen-bond acceptors (Lipinski definition) is 5. The van der Waals surface area contributed by atoms with Crippen molar-refractivity contribution in [3.63, 3.8) is 0 Å². The second-order valence-electron chi connectivity index (χ2n) is 10.9. The molecule has 2 fully saturated rings. The Kier molecular flexibility index (Phi) is 6.10. The van der Waals surface area contributed by atoms with Gasteiger partial charge in [0.2, 0.25) is 0 Å². The van der Waals surface area contributed by atoms with Crippen LogP contribution in [0.1, 0.15) is 52.6 Å². The van der Waals surface area contributed by atoms with Gasteiger partial charge < -0.3 is 14.2 Å². The Hall–Kier alpha value is -2.74. The molecule has 0 saturated carbocycles. The minimum Gasteiger partial charge on any atom is -0.379 e. The van der Waals surface area contributed by atoms with Crippen LogP contribution in [0.3, 0.4) is 0 Å². The van der Waals surface area contributed by atoms with Crippen LogP contribution in [0.4, 0.5) is 5.69 Å². The Morgan fingerprint density at radius 1 is 1.19 bits per heavy atom. The lowest BCUT2D eigenvalue weighted by atomic mass is 9.75. The van der Waals surface area contributed by atoms with Crippen molar-refractivity contribution in [2.24, 2.45) is 13.0 Å². The second-order valence-corrected chi connectivity index (χ2v) is 11.3. The van der Waals surface area contributed by atoms with Gasteiger partial charge in [0.05, 0.1) is 19.8 Å². The van der Waals surface area contributed by atoms with E-state index in [9.17, 15) is 4.79 Å². The highest BCUT2D eigenvalue weighted by Crippen LogP contribution is 2.39. The van der Waals surface area contributed by atoms with Gasteiger partial charge in [0.15, 0.2) is 0 Å². The summed E-state index contributed by atoms with van der Waals surface area (Å²) < 4.78 is 7.59. The summed E-state index contributed by atoms with van der Waals surface area (Å²) >= 11 is 6.54. The number of benzene rings is 2. The Labute approximate surface area is 217 Å². The van der Waals surface area contributed by atoms with E-state index >= 15 is 0 Å². The molecule has 1 amide bonds. The van der Waals surface area contributed by atoms with Gasteiger partial charge in [-0.15, -0.1) is 10.2 Å². The minimum atomic E-state index is -0.182. The van der Waals surface area contributed by atoms with Gasteiger partial charge in [-0.3, -0.25) is 9.69 Å². The number of piperidine rings is 1. The van der Waals surface area contributed by atoms with Gasteiger partial charge in [0.25, 0.3) is 5.91 Å². The molecule has 2 saturated heterocycles. The first-order valence-corrected chi connectivity index (χ1v) is 13.2. The van der Waals surface area contributed by atoms with Crippen LogP contribution in [-0.2, 0) is 36.7 Å². The molecule has 7 nitrogen and oxygen atoms in total. The van der Waals surface area contributed by atoms with E-state index in [-0.39, 0.29) is 11.3 Å². The molecule has 2 aromatic carbocycles. The predicted octanol–water partition coefficient (Wildman–Crippen LogP) is 4.37. The summed E-state index contributed by atoms with van der Waals surface area (Å²) in [5.41, 5.74) is 4.78. The summed E-state index contributed by atoms with van der Waals surface area (Å²) in [7, 11) is 1.96. The zero-order chi connectivity index (χ0) is 24.9. The van der Waals surface area contributed by atoms with Crippen molar-refractivity contribution in [3.8, 4) is 0 Å². The van der Waals surface area contributed by atoms with Crippen molar-refractivity contribution >= 4 is 23.2 Å². The smallest absolute Gasteiger partial charge is 0.258 e. The van der Waals surface area contributed by atoms with Gasteiger partial charge >= 0.3 is 0 Å². The van der Waals surface area contributed by atoms with Gasteiger partial charge in [0.1, 0.15) is 12.2 Å². The molecule has 8 heteroatoms. The lowest BCUT2D eigenvalue weighted by molar-refractivity contribution is -0.0611. The van der Waals surface area contributed by atoms with Crippen LogP contribution >= 0.6 is 11.6 Å². The molecule has 0 aliphatic carbocycles. The molecule has 1 aromatic heterocycles. The largest absolute Gasteiger partial charge is 0.379 e. The first kappa shape index (κ1) is 23.6. The summed E-state index contributed by atoms with van der Waals surface area (Å²) in [5, 5.41) is 8.97. The highest BCUT2D eigenvalue weighted by molar-refractivity contribution is 6.31. The van der Waals surface area contributed by atoms with E-state index in [1.165, 1.54) is 12.8 Å². The molecular weight excluding hydrogens is 474 g/mol.